The molecule has 3 amide bonds. The zero-order chi connectivity index (χ0) is 38.4. The van der Waals surface area contributed by atoms with Crippen LogP contribution in [-0.2, 0) is 20.8 Å². The van der Waals surface area contributed by atoms with E-state index in [2.05, 4.69) is 28.0 Å². The Morgan fingerprint density at radius 2 is 1.60 bits per heavy atom. The van der Waals surface area contributed by atoms with E-state index in [4.69, 9.17) is 19.2 Å². The number of amides is 3. The van der Waals surface area contributed by atoms with Crippen LogP contribution < -0.4 is 19.9 Å². The smallest absolute Gasteiger partial charge is 0.422 e. The Labute approximate surface area is 305 Å². The molecule has 276 valence electrons. The van der Waals surface area contributed by atoms with E-state index in [1.54, 1.807) is 73.0 Å². The van der Waals surface area contributed by atoms with Gasteiger partial charge in [0.1, 0.15) is 17.0 Å². The van der Waals surface area contributed by atoms with Gasteiger partial charge in [-0.1, -0.05) is 30.9 Å². The number of carbonyl (C=O) groups is 3. The lowest BCUT2D eigenvalue weighted by Crippen LogP contribution is -2.38. The topological polar surface area (TPSA) is 131 Å². The summed E-state index contributed by atoms with van der Waals surface area (Å²) in [6.45, 7) is 19.4. The molecule has 4 aromatic rings. The normalized spacial score (nSPS) is 11.4. The van der Waals surface area contributed by atoms with Gasteiger partial charge in [0.05, 0.1) is 29.9 Å². The molecule has 0 aliphatic heterocycles. The zero-order valence-corrected chi connectivity index (χ0v) is 31.5. The summed E-state index contributed by atoms with van der Waals surface area (Å²) in [5.74, 6) is -0.192. The van der Waals surface area contributed by atoms with Gasteiger partial charge in [-0.05, 0) is 65.8 Å². The fourth-order valence-electron chi connectivity index (χ4n) is 5.29. The van der Waals surface area contributed by atoms with Crippen LogP contribution in [0.3, 0.4) is 0 Å². The molecule has 0 radical (unpaired) electrons. The van der Waals surface area contributed by atoms with E-state index in [1.807, 2.05) is 48.5 Å². The number of para-hydroxylation sites is 1. The van der Waals surface area contributed by atoms with Gasteiger partial charge in [-0.3, -0.25) is 4.79 Å². The maximum atomic E-state index is 14.1. The van der Waals surface area contributed by atoms with Crippen LogP contribution in [0.2, 0.25) is 0 Å². The standard InChI is InChI=1S/C39H49N7O6/c1-12-20-45-25-27(26-16-14-15-17-30(26)45)28-18-19-40-35(42-28)46(37(49)52-39(6,7)8)32-23-29(41-34(47)13-2)31(24-33(32)50-11)43(9)21-22-44(10)36(48)51-38(3,4)5/h12-19,23-25H,1-2,20-22H2,3-11H3,(H,41,47). The molecule has 2 aromatic carbocycles. The summed E-state index contributed by atoms with van der Waals surface area (Å²) in [7, 11) is 4.93. The highest BCUT2D eigenvalue weighted by Gasteiger charge is 2.31. The Morgan fingerprint density at radius 3 is 2.23 bits per heavy atom. The molecule has 0 saturated heterocycles. The number of nitrogens with one attached hydrogen (secondary N) is 1. The Kier molecular flexibility index (Phi) is 12.0. The number of hydrogen-bond donors (Lipinski definition) is 1. The molecule has 2 heterocycles. The number of anilines is 4. The minimum absolute atomic E-state index is 0.0201. The molecule has 0 fully saturated rings. The second kappa shape index (κ2) is 16.0. The summed E-state index contributed by atoms with van der Waals surface area (Å²) in [4.78, 5) is 53.4. The second-order valence-corrected chi connectivity index (χ2v) is 14.1. The summed E-state index contributed by atoms with van der Waals surface area (Å²) < 4.78 is 19.3. The predicted octanol–water partition coefficient (Wildman–Crippen LogP) is 7.79. The van der Waals surface area contributed by atoms with Crippen LogP contribution in [-0.4, -0.2) is 83.0 Å². The van der Waals surface area contributed by atoms with Gasteiger partial charge in [0.25, 0.3) is 0 Å². The van der Waals surface area contributed by atoms with Crippen molar-refractivity contribution in [2.45, 2.75) is 59.3 Å². The number of rotatable bonds is 12. The number of ether oxygens (including phenoxy) is 3. The van der Waals surface area contributed by atoms with E-state index < -0.39 is 29.3 Å². The van der Waals surface area contributed by atoms with Crippen molar-refractivity contribution in [3.8, 4) is 17.0 Å². The molecule has 52 heavy (non-hydrogen) atoms. The number of nitrogens with zero attached hydrogens (tertiary/aromatic N) is 6. The Morgan fingerprint density at radius 1 is 0.923 bits per heavy atom. The van der Waals surface area contributed by atoms with Crippen molar-refractivity contribution in [2.24, 2.45) is 0 Å². The number of hydrogen-bond acceptors (Lipinski definition) is 9. The van der Waals surface area contributed by atoms with Crippen LogP contribution in [0.5, 0.6) is 5.75 Å². The molecule has 0 aliphatic rings. The van der Waals surface area contributed by atoms with Crippen LogP contribution in [0, 0.1) is 0 Å². The predicted molar refractivity (Wildman–Crippen MR) is 205 cm³/mol. The summed E-state index contributed by atoms with van der Waals surface area (Å²) in [6, 6.07) is 13.0. The highest BCUT2D eigenvalue weighted by atomic mass is 16.6. The van der Waals surface area contributed by atoms with Crippen molar-refractivity contribution in [2.75, 3.05) is 49.4 Å². The summed E-state index contributed by atoms with van der Waals surface area (Å²) >= 11 is 0. The molecular formula is C39H49N7O6. The first kappa shape index (κ1) is 38.9. The van der Waals surface area contributed by atoms with Crippen molar-refractivity contribution in [3.05, 3.63) is 80.2 Å². The number of methoxy groups -OCH3 is 1. The fourth-order valence-corrected chi connectivity index (χ4v) is 5.29. The SMILES string of the molecule is C=CCn1cc(-c2ccnc(N(C(=O)OC(C)(C)C)c3cc(NC(=O)C=C)c(N(C)CCN(C)C(=O)OC(C)(C)C)cc3OC)n2)c2ccccc21. The third kappa shape index (κ3) is 9.47. The van der Waals surface area contributed by atoms with Gasteiger partial charge >= 0.3 is 12.2 Å². The van der Waals surface area contributed by atoms with Gasteiger partial charge < -0.3 is 33.9 Å². The van der Waals surface area contributed by atoms with Crippen LogP contribution in [0.15, 0.2) is 80.2 Å². The van der Waals surface area contributed by atoms with E-state index in [-0.39, 0.29) is 17.4 Å². The molecule has 4 rings (SSSR count). The number of aromatic nitrogens is 3. The van der Waals surface area contributed by atoms with E-state index >= 15 is 0 Å². The summed E-state index contributed by atoms with van der Waals surface area (Å²) in [5, 5.41) is 3.82. The summed E-state index contributed by atoms with van der Waals surface area (Å²) in [6.07, 6.45) is 5.30. The van der Waals surface area contributed by atoms with Crippen LogP contribution in [0.1, 0.15) is 41.5 Å². The average molecular weight is 712 g/mol. The molecule has 0 bridgehead atoms. The highest BCUT2D eigenvalue weighted by molar-refractivity contribution is 6.04. The Balaban J connectivity index is 1.85. The van der Waals surface area contributed by atoms with Gasteiger partial charge in [0.15, 0.2) is 0 Å². The molecular weight excluding hydrogens is 662 g/mol. The lowest BCUT2D eigenvalue weighted by Gasteiger charge is -2.30. The minimum atomic E-state index is -0.876. The molecule has 1 N–H and O–H groups in total. The molecule has 13 nitrogen and oxygen atoms in total. The molecule has 2 aromatic heterocycles. The molecule has 0 saturated carbocycles. The number of fused-ring (bicyclic) bond motifs is 1. The van der Waals surface area contributed by atoms with Gasteiger partial charge in [-0.2, -0.15) is 0 Å². The fraction of sp³-hybridized carbons (Fsp3) is 0.359. The first-order chi connectivity index (χ1) is 24.5. The Hall–Kier alpha value is -5.85. The van der Waals surface area contributed by atoms with Gasteiger partial charge in [0, 0.05) is 68.7 Å². The summed E-state index contributed by atoms with van der Waals surface area (Å²) in [5.41, 5.74) is 1.98. The maximum Gasteiger partial charge on any atom is 0.422 e. The number of carbonyl (C=O) groups excluding carboxylic acids is 3. The third-order valence-electron chi connectivity index (χ3n) is 7.68. The van der Waals surface area contributed by atoms with Gasteiger partial charge in [0.2, 0.25) is 11.9 Å². The van der Waals surface area contributed by atoms with Gasteiger partial charge in [-0.15, -0.1) is 6.58 Å². The molecule has 0 aliphatic carbocycles. The minimum Gasteiger partial charge on any atom is -0.494 e. The molecule has 0 atom stereocenters. The van der Waals surface area contributed by atoms with Crippen molar-refractivity contribution in [3.63, 3.8) is 0 Å². The third-order valence-corrected chi connectivity index (χ3v) is 7.68. The largest absolute Gasteiger partial charge is 0.494 e. The molecule has 0 unspecified atom stereocenters. The first-order valence-corrected chi connectivity index (χ1v) is 16.8. The lowest BCUT2D eigenvalue weighted by atomic mass is 10.1. The lowest BCUT2D eigenvalue weighted by molar-refractivity contribution is -0.111. The number of allylic oxidation sites excluding steroid dienone is 1. The van der Waals surface area contributed by atoms with Crippen molar-refractivity contribution >= 4 is 52.0 Å². The number of likely N-dealkylation sites (N-methyl/N-ethyl adjacent to an activating group) is 2. The monoisotopic (exact) mass is 711 g/mol. The van der Waals surface area contributed by atoms with Crippen LogP contribution in [0.4, 0.5) is 32.6 Å². The average Bonchev–Trinajstić information content (AvgIpc) is 3.44. The van der Waals surface area contributed by atoms with Crippen LogP contribution in [0.25, 0.3) is 22.2 Å². The highest BCUT2D eigenvalue weighted by Crippen LogP contribution is 2.42. The molecule has 13 heteroatoms. The zero-order valence-electron chi connectivity index (χ0n) is 31.5. The van der Waals surface area contributed by atoms with Crippen molar-refractivity contribution in [1.82, 2.24) is 19.4 Å². The van der Waals surface area contributed by atoms with E-state index in [9.17, 15) is 14.4 Å². The number of benzene rings is 2. The first-order valence-electron chi connectivity index (χ1n) is 16.8. The van der Waals surface area contributed by atoms with Crippen LogP contribution >= 0.6 is 0 Å². The van der Waals surface area contributed by atoms with E-state index in [0.29, 0.717) is 36.7 Å². The Bertz CT molecular complexity index is 1960. The quantitative estimate of drug-likeness (QED) is 0.116. The van der Waals surface area contributed by atoms with E-state index in [0.717, 1.165) is 22.5 Å². The van der Waals surface area contributed by atoms with Gasteiger partial charge in [-0.25, -0.2) is 24.5 Å². The second-order valence-electron chi connectivity index (χ2n) is 14.1. The van der Waals surface area contributed by atoms with Crippen molar-refractivity contribution < 1.29 is 28.6 Å². The van der Waals surface area contributed by atoms with E-state index in [1.165, 1.54) is 16.9 Å². The molecule has 0 spiro atoms. The van der Waals surface area contributed by atoms with Crippen molar-refractivity contribution in [1.29, 1.82) is 0 Å². The maximum absolute atomic E-state index is 14.1.